The maximum Gasteiger partial charge on any atom is 0.260 e. The molecule has 1 aromatic carbocycles. The fourth-order valence-corrected chi connectivity index (χ4v) is 2.63. The SMILES string of the molecule is C/C=C/c1ccc(OCC(=O)N2CCCN(C)CC2)c(OC)c1. The largest absolute Gasteiger partial charge is 0.493 e. The maximum atomic E-state index is 12.3. The van der Waals surface area contributed by atoms with Gasteiger partial charge in [-0.25, -0.2) is 0 Å². The van der Waals surface area contributed by atoms with E-state index in [0.29, 0.717) is 11.5 Å². The molecule has 5 nitrogen and oxygen atoms in total. The van der Waals surface area contributed by atoms with Gasteiger partial charge in [0.2, 0.25) is 0 Å². The van der Waals surface area contributed by atoms with E-state index in [0.717, 1.165) is 38.2 Å². The fraction of sp³-hybridized carbons (Fsp3) is 0.500. The molecule has 1 saturated heterocycles. The molecule has 0 atom stereocenters. The van der Waals surface area contributed by atoms with E-state index in [9.17, 15) is 4.79 Å². The first-order valence-corrected chi connectivity index (χ1v) is 8.04. The summed E-state index contributed by atoms with van der Waals surface area (Å²) in [4.78, 5) is 16.5. The standard InChI is InChI=1S/C18H26N2O3/c1-4-6-15-7-8-16(17(13-15)22-3)23-14-18(21)20-10-5-9-19(2)11-12-20/h4,6-8,13H,5,9-12,14H2,1-3H3/b6-4+. The van der Waals surface area contributed by atoms with Gasteiger partial charge in [0.25, 0.3) is 5.91 Å². The van der Waals surface area contributed by atoms with Crippen molar-refractivity contribution in [3.05, 3.63) is 29.8 Å². The van der Waals surface area contributed by atoms with E-state index in [-0.39, 0.29) is 12.5 Å². The smallest absolute Gasteiger partial charge is 0.260 e. The highest BCUT2D eigenvalue weighted by atomic mass is 16.5. The van der Waals surface area contributed by atoms with Crippen LogP contribution in [0.5, 0.6) is 11.5 Å². The van der Waals surface area contributed by atoms with Crippen LogP contribution in [-0.2, 0) is 4.79 Å². The predicted molar refractivity (Wildman–Crippen MR) is 91.9 cm³/mol. The molecule has 0 saturated carbocycles. The van der Waals surface area contributed by atoms with E-state index >= 15 is 0 Å². The summed E-state index contributed by atoms with van der Waals surface area (Å²) in [5.74, 6) is 1.27. The molecule has 0 unspecified atom stereocenters. The Morgan fingerprint density at radius 1 is 1.22 bits per heavy atom. The summed E-state index contributed by atoms with van der Waals surface area (Å²) in [5.41, 5.74) is 1.04. The number of hydrogen-bond acceptors (Lipinski definition) is 4. The molecule has 1 fully saturated rings. The number of methoxy groups -OCH3 is 1. The highest BCUT2D eigenvalue weighted by molar-refractivity contribution is 5.78. The highest BCUT2D eigenvalue weighted by Gasteiger charge is 2.18. The second-order valence-corrected chi connectivity index (χ2v) is 5.74. The Balaban J connectivity index is 1.95. The van der Waals surface area contributed by atoms with Gasteiger partial charge in [-0.15, -0.1) is 0 Å². The van der Waals surface area contributed by atoms with Gasteiger partial charge in [0, 0.05) is 19.6 Å². The normalized spacial score (nSPS) is 16.4. The lowest BCUT2D eigenvalue weighted by Crippen LogP contribution is -2.37. The van der Waals surface area contributed by atoms with Crippen LogP contribution in [0.4, 0.5) is 0 Å². The molecule has 1 aliphatic rings. The Hall–Kier alpha value is -2.01. The van der Waals surface area contributed by atoms with Gasteiger partial charge in [-0.1, -0.05) is 18.2 Å². The van der Waals surface area contributed by atoms with Crippen molar-refractivity contribution in [1.29, 1.82) is 0 Å². The van der Waals surface area contributed by atoms with Crippen LogP contribution in [0.2, 0.25) is 0 Å². The van der Waals surface area contributed by atoms with Gasteiger partial charge in [-0.3, -0.25) is 4.79 Å². The van der Waals surface area contributed by atoms with Crippen molar-refractivity contribution in [1.82, 2.24) is 9.80 Å². The summed E-state index contributed by atoms with van der Waals surface area (Å²) < 4.78 is 11.0. The molecule has 126 valence electrons. The molecule has 1 aromatic rings. The molecule has 1 amide bonds. The second kappa shape index (κ2) is 8.58. The zero-order valence-corrected chi connectivity index (χ0v) is 14.2. The number of ether oxygens (including phenoxy) is 2. The van der Waals surface area contributed by atoms with Crippen LogP contribution in [0.3, 0.4) is 0 Å². The number of rotatable bonds is 5. The molecule has 1 heterocycles. The minimum Gasteiger partial charge on any atom is -0.493 e. The summed E-state index contributed by atoms with van der Waals surface area (Å²) in [6.07, 6.45) is 4.96. The van der Waals surface area contributed by atoms with Crippen LogP contribution in [0.15, 0.2) is 24.3 Å². The molecule has 23 heavy (non-hydrogen) atoms. The molecule has 0 bridgehead atoms. The third-order valence-electron chi connectivity index (χ3n) is 3.97. The molecule has 0 radical (unpaired) electrons. The lowest BCUT2D eigenvalue weighted by Gasteiger charge is -2.21. The van der Waals surface area contributed by atoms with E-state index in [2.05, 4.69) is 11.9 Å². The topological polar surface area (TPSA) is 42.0 Å². The second-order valence-electron chi connectivity index (χ2n) is 5.74. The zero-order valence-electron chi connectivity index (χ0n) is 14.2. The van der Waals surface area contributed by atoms with E-state index in [4.69, 9.17) is 9.47 Å². The Bertz CT molecular complexity index is 557. The van der Waals surface area contributed by atoms with Crippen LogP contribution in [0, 0.1) is 0 Å². The van der Waals surface area contributed by atoms with Gasteiger partial charge in [0.1, 0.15) is 0 Å². The van der Waals surface area contributed by atoms with E-state index in [1.807, 2.05) is 42.2 Å². The third kappa shape index (κ3) is 4.99. The van der Waals surface area contributed by atoms with Gasteiger partial charge in [0.05, 0.1) is 7.11 Å². The Labute approximate surface area is 138 Å². The lowest BCUT2D eigenvalue weighted by molar-refractivity contribution is -0.133. The maximum absolute atomic E-state index is 12.3. The molecule has 2 rings (SSSR count). The monoisotopic (exact) mass is 318 g/mol. The summed E-state index contributed by atoms with van der Waals surface area (Å²) in [6.45, 7) is 5.51. The summed E-state index contributed by atoms with van der Waals surface area (Å²) in [6, 6.07) is 5.70. The first-order valence-electron chi connectivity index (χ1n) is 8.04. The molecule has 0 spiro atoms. The quantitative estimate of drug-likeness (QED) is 0.835. The number of likely N-dealkylation sites (N-methyl/N-ethyl adjacent to an activating group) is 1. The van der Waals surface area contributed by atoms with E-state index in [1.54, 1.807) is 7.11 Å². The molecule has 1 aliphatic heterocycles. The van der Waals surface area contributed by atoms with Gasteiger partial charge < -0.3 is 19.3 Å². The van der Waals surface area contributed by atoms with Crippen molar-refractivity contribution in [2.45, 2.75) is 13.3 Å². The molecular weight excluding hydrogens is 292 g/mol. The molecule has 0 aliphatic carbocycles. The lowest BCUT2D eigenvalue weighted by atomic mass is 10.2. The van der Waals surface area contributed by atoms with Gasteiger partial charge in [-0.05, 0) is 44.6 Å². The van der Waals surface area contributed by atoms with Crippen LogP contribution in [0.1, 0.15) is 18.9 Å². The number of carbonyl (C=O) groups is 1. The molecule has 0 aromatic heterocycles. The van der Waals surface area contributed by atoms with Crippen molar-refractivity contribution < 1.29 is 14.3 Å². The van der Waals surface area contributed by atoms with Crippen molar-refractivity contribution in [2.24, 2.45) is 0 Å². The van der Waals surface area contributed by atoms with Gasteiger partial charge in [-0.2, -0.15) is 0 Å². The number of benzene rings is 1. The average Bonchev–Trinajstić information content (AvgIpc) is 2.78. The highest BCUT2D eigenvalue weighted by Crippen LogP contribution is 2.28. The molecular formula is C18H26N2O3. The van der Waals surface area contributed by atoms with Crippen molar-refractivity contribution in [3.8, 4) is 11.5 Å². The number of carbonyl (C=O) groups excluding carboxylic acids is 1. The average molecular weight is 318 g/mol. The first kappa shape index (κ1) is 17.3. The Morgan fingerprint density at radius 2 is 2.04 bits per heavy atom. The number of allylic oxidation sites excluding steroid dienone is 1. The van der Waals surface area contributed by atoms with E-state index in [1.165, 1.54) is 0 Å². The minimum absolute atomic E-state index is 0.0277. The summed E-state index contributed by atoms with van der Waals surface area (Å²) in [5, 5.41) is 0. The van der Waals surface area contributed by atoms with Crippen molar-refractivity contribution in [2.75, 3.05) is 46.9 Å². The summed E-state index contributed by atoms with van der Waals surface area (Å²) >= 11 is 0. The zero-order chi connectivity index (χ0) is 16.7. The summed E-state index contributed by atoms with van der Waals surface area (Å²) in [7, 11) is 3.69. The van der Waals surface area contributed by atoms with Gasteiger partial charge >= 0.3 is 0 Å². The van der Waals surface area contributed by atoms with Crippen LogP contribution < -0.4 is 9.47 Å². The molecule has 5 heteroatoms. The van der Waals surface area contributed by atoms with Crippen LogP contribution >= 0.6 is 0 Å². The number of nitrogens with zero attached hydrogens (tertiary/aromatic N) is 2. The van der Waals surface area contributed by atoms with Crippen molar-refractivity contribution >= 4 is 12.0 Å². The van der Waals surface area contributed by atoms with Gasteiger partial charge in [0.15, 0.2) is 18.1 Å². The van der Waals surface area contributed by atoms with Crippen LogP contribution in [-0.4, -0.2) is 62.7 Å². The first-order chi connectivity index (χ1) is 11.1. The van der Waals surface area contributed by atoms with E-state index < -0.39 is 0 Å². The molecule has 0 N–H and O–H groups in total. The third-order valence-corrected chi connectivity index (χ3v) is 3.97. The number of hydrogen-bond donors (Lipinski definition) is 0. The fourth-order valence-electron chi connectivity index (χ4n) is 2.63. The Kier molecular flexibility index (Phi) is 6.47. The predicted octanol–water partition coefficient (Wildman–Crippen LogP) is 2.27. The Morgan fingerprint density at radius 3 is 2.78 bits per heavy atom. The van der Waals surface area contributed by atoms with Crippen molar-refractivity contribution in [3.63, 3.8) is 0 Å². The van der Waals surface area contributed by atoms with Crippen LogP contribution in [0.25, 0.3) is 6.08 Å². The number of amides is 1. The minimum atomic E-state index is 0.0277.